The van der Waals surface area contributed by atoms with Crippen molar-refractivity contribution in [1.29, 1.82) is 0 Å². The van der Waals surface area contributed by atoms with Crippen LogP contribution >= 0.6 is 0 Å². The number of aliphatic hydroxyl groups excluding tert-OH is 2. The van der Waals surface area contributed by atoms with Gasteiger partial charge in [0.2, 0.25) is 0 Å². The van der Waals surface area contributed by atoms with Crippen LogP contribution in [0.15, 0.2) is 0 Å². The molecular formula is C10H22N2O2. The lowest BCUT2D eigenvalue weighted by molar-refractivity contribution is 0.0318. The van der Waals surface area contributed by atoms with Gasteiger partial charge >= 0.3 is 0 Å². The van der Waals surface area contributed by atoms with Gasteiger partial charge in [-0.1, -0.05) is 6.42 Å². The molecule has 4 N–H and O–H groups in total. The number of likely N-dealkylation sites (tertiary alicyclic amines) is 1. The van der Waals surface area contributed by atoms with E-state index in [0.29, 0.717) is 19.1 Å². The van der Waals surface area contributed by atoms with Gasteiger partial charge in [0.25, 0.3) is 0 Å². The summed E-state index contributed by atoms with van der Waals surface area (Å²) >= 11 is 0. The maximum atomic E-state index is 9.37. The molecule has 0 amide bonds. The van der Waals surface area contributed by atoms with Gasteiger partial charge in [-0.15, -0.1) is 0 Å². The third-order valence-corrected chi connectivity index (χ3v) is 2.90. The molecule has 0 bridgehead atoms. The van der Waals surface area contributed by atoms with Gasteiger partial charge in [0.05, 0.1) is 12.7 Å². The van der Waals surface area contributed by atoms with Crippen LogP contribution in [0.3, 0.4) is 0 Å². The van der Waals surface area contributed by atoms with E-state index in [4.69, 9.17) is 10.8 Å². The van der Waals surface area contributed by atoms with Gasteiger partial charge in [0.1, 0.15) is 0 Å². The smallest absolute Gasteiger partial charge is 0.0897 e. The van der Waals surface area contributed by atoms with Crippen molar-refractivity contribution in [2.24, 2.45) is 5.73 Å². The molecule has 1 fully saturated rings. The minimum absolute atomic E-state index is 0.147. The predicted octanol–water partition coefficient (Wildman–Crippen LogP) is -0.457. The molecule has 2 unspecified atom stereocenters. The van der Waals surface area contributed by atoms with Crippen LogP contribution < -0.4 is 5.73 Å². The standard InChI is InChI=1S/C10H22N2O2/c11-5-4-9-3-1-2-6-12(9)7-10(14)8-13/h9-10,13-14H,1-8,11H2. The fourth-order valence-electron chi connectivity index (χ4n) is 2.15. The second kappa shape index (κ2) is 6.35. The molecule has 0 aromatic heterocycles. The Morgan fingerprint density at radius 3 is 2.86 bits per heavy atom. The number of piperidine rings is 1. The number of nitrogens with zero attached hydrogens (tertiary/aromatic N) is 1. The third kappa shape index (κ3) is 3.53. The summed E-state index contributed by atoms with van der Waals surface area (Å²) in [5, 5.41) is 18.2. The average Bonchev–Trinajstić information content (AvgIpc) is 2.21. The van der Waals surface area contributed by atoms with Crippen LogP contribution in [0.1, 0.15) is 25.7 Å². The zero-order valence-electron chi connectivity index (χ0n) is 8.73. The molecule has 2 atom stereocenters. The zero-order chi connectivity index (χ0) is 10.4. The van der Waals surface area contributed by atoms with Crippen LogP contribution in [0.2, 0.25) is 0 Å². The van der Waals surface area contributed by atoms with Crippen molar-refractivity contribution >= 4 is 0 Å². The van der Waals surface area contributed by atoms with Crippen molar-refractivity contribution in [3.63, 3.8) is 0 Å². The van der Waals surface area contributed by atoms with Gasteiger partial charge in [-0.25, -0.2) is 0 Å². The van der Waals surface area contributed by atoms with Crippen LogP contribution in [0.5, 0.6) is 0 Å². The summed E-state index contributed by atoms with van der Waals surface area (Å²) in [7, 11) is 0. The Balaban J connectivity index is 2.37. The molecule has 4 heteroatoms. The van der Waals surface area contributed by atoms with Crippen molar-refractivity contribution < 1.29 is 10.2 Å². The number of hydrogen-bond acceptors (Lipinski definition) is 4. The number of aliphatic hydroxyl groups is 2. The average molecular weight is 202 g/mol. The molecule has 4 nitrogen and oxygen atoms in total. The van der Waals surface area contributed by atoms with Gasteiger partial charge in [0.15, 0.2) is 0 Å². The van der Waals surface area contributed by atoms with E-state index >= 15 is 0 Å². The predicted molar refractivity (Wildman–Crippen MR) is 56.0 cm³/mol. The topological polar surface area (TPSA) is 69.7 Å². The Hall–Kier alpha value is -0.160. The van der Waals surface area contributed by atoms with Crippen LogP contribution in [-0.4, -0.2) is 53.5 Å². The summed E-state index contributed by atoms with van der Waals surface area (Å²) in [6.45, 7) is 2.17. The maximum absolute atomic E-state index is 9.37. The molecule has 0 spiro atoms. The molecule has 84 valence electrons. The minimum atomic E-state index is -0.603. The maximum Gasteiger partial charge on any atom is 0.0897 e. The highest BCUT2D eigenvalue weighted by Crippen LogP contribution is 2.19. The Kier molecular flexibility index (Phi) is 5.40. The van der Waals surface area contributed by atoms with E-state index in [1.165, 1.54) is 19.3 Å². The fraction of sp³-hybridized carbons (Fsp3) is 1.00. The van der Waals surface area contributed by atoms with Crippen molar-refractivity contribution in [3.05, 3.63) is 0 Å². The summed E-state index contributed by atoms with van der Waals surface area (Å²) < 4.78 is 0. The summed E-state index contributed by atoms with van der Waals surface area (Å²) in [4.78, 5) is 2.26. The number of β-amino-alcohol motifs (C(OH)–C–C–N with tert-alkyl or cyclic N) is 1. The highest BCUT2D eigenvalue weighted by molar-refractivity contribution is 4.78. The van der Waals surface area contributed by atoms with Gasteiger partial charge in [-0.2, -0.15) is 0 Å². The molecule has 1 saturated heterocycles. The lowest BCUT2D eigenvalue weighted by Crippen LogP contribution is -2.45. The third-order valence-electron chi connectivity index (χ3n) is 2.90. The number of hydrogen-bond donors (Lipinski definition) is 3. The Labute approximate surface area is 85.7 Å². The largest absolute Gasteiger partial charge is 0.394 e. The molecule has 1 aliphatic heterocycles. The summed E-state index contributed by atoms with van der Waals surface area (Å²) in [5.41, 5.74) is 5.55. The molecule has 1 aliphatic rings. The minimum Gasteiger partial charge on any atom is -0.394 e. The molecular weight excluding hydrogens is 180 g/mol. The lowest BCUT2D eigenvalue weighted by atomic mass is 9.99. The van der Waals surface area contributed by atoms with Crippen LogP contribution in [-0.2, 0) is 0 Å². The van der Waals surface area contributed by atoms with E-state index in [1.807, 2.05) is 0 Å². The second-order valence-electron chi connectivity index (χ2n) is 4.06. The molecule has 1 heterocycles. The van der Waals surface area contributed by atoms with Crippen LogP contribution in [0.25, 0.3) is 0 Å². The first-order valence-corrected chi connectivity index (χ1v) is 5.51. The van der Waals surface area contributed by atoms with Crippen LogP contribution in [0, 0.1) is 0 Å². The lowest BCUT2D eigenvalue weighted by Gasteiger charge is -2.36. The molecule has 0 aromatic rings. The van der Waals surface area contributed by atoms with E-state index < -0.39 is 6.10 Å². The first kappa shape index (κ1) is 11.9. The summed E-state index contributed by atoms with van der Waals surface area (Å²) in [6.07, 6.45) is 4.02. The Morgan fingerprint density at radius 1 is 1.43 bits per heavy atom. The Bertz CT molecular complexity index is 153. The molecule has 0 aromatic carbocycles. The summed E-state index contributed by atoms with van der Waals surface area (Å²) in [5.74, 6) is 0. The SMILES string of the molecule is NCCC1CCCCN1CC(O)CO. The van der Waals surface area contributed by atoms with Gasteiger partial charge in [-0.3, -0.25) is 4.90 Å². The monoisotopic (exact) mass is 202 g/mol. The Morgan fingerprint density at radius 2 is 2.21 bits per heavy atom. The van der Waals surface area contributed by atoms with E-state index in [0.717, 1.165) is 13.0 Å². The van der Waals surface area contributed by atoms with Crippen molar-refractivity contribution in [3.8, 4) is 0 Å². The second-order valence-corrected chi connectivity index (χ2v) is 4.06. The highest BCUT2D eigenvalue weighted by atomic mass is 16.3. The first-order chi connectivity index (χ1) is 6.77. The number of rotatable bonds is 5. The normalized spacial score (nSPS) is 26.4. The van der Waals surface area contributed by atoms with Crippen molar-refractivity contribution in [2.45, 2.75) is 37.8 Å². The van der Waals surface area contributed by atoms with E-state index in [2.05, 4.69) is 4.90 Å². The van der Waals surface area contributed by atoms with Crippen molar-refractivity contribution in [2.75, 3.05) is 26.2 Å². The first-order valence-electron chi connectivity index (χ1n) is 5.51. The van der Waals surface area contributed by atoms with Gasteiger partial charge in [0, 0.05) is 12.6 Å². The van der Waals surface area contributed by atoms with E-state index in [9.17, 15) is 5.11 Å². The molecule has 0 radical (unpaired) electrons. The molecule has 1 rings (SSSR count). The van der Waals surface area contributed by atoms with Crippen LogP contribution in [0.4, 0.5) is 0 Å². The van der Waals surface area contributed by atoms with E-state index in [1.54, 1.807) is 0 Å². The fourth-order valence-corrected chi connectivity index (χ4v) is 2.15. The molecule has 0 aliphatic carbocycles. The molecule has 14 heavy (non-hydrogen) atoms. The summed E-state index contributed by atoms with van der Waals surface area (Å²) in [6, 6.07) is 0.509. The van der Waals surface area contributed by atoms with Crippen molar-refractivity contribution in [1.82, 2.24) is 4.90 Å². The zero-order valence-corrected chi connectivity index (χ0v) is 8.73. The van der Waals surface area contributed by atoms with E-state index in [-0.39, 0.29) is 6.61 Å². The quantitative estimate of drug-likeness (QED) is 0.564. The highest BCUT2D eigenvalue weighted by Gasteiger charge is 2.23. The molecule has 0 saturated carbocycles. The number of nitrogens with two attached hydrogens (primary N) is 1. The van der Waals surface area contributed by atoms with Gasteiger partial charge in [-0.05, 0) is 32.4 Å². The van der Waals surface area contributed by atoms with Gasteiger partial charge < -0.3 is 15.9 Å².